The number of aromatic nitrogens is 2. The molecule has 0 bridgehead atoms. The molecule has 0 unspecified atom stereocenters. The minimum absolute atomic E-state index is 0.169. The predicted octanol–water partition coefficient (Wildman–Crippen LogP) is 4.29. The van der Waals surface area contributed by atoms with Crippen LogP contribution in [0, 0.1) is 6.92 Å². The summed E-state index contributed by atoms with van der Waals surface area (Å²) in [7, 11) is 3.16. The van der Waals surface area contributed by atoms with Crippen LogP contribution in [0.25, 0.3) is 11.4 Å². The van der Waals surface area contributed by atoms with Crippen LogP contribution in [0.1, 0.15) is 11.5 Å². The number of hydrogen-bond donors (Lipinski definition) is 0. The Balaban J connectivity index is 1.74. The van der Waals surface area contributed by atoms with E-state index in [1.165, 1.54) is 0 Å². The van der Waals surface area contributed by atoms with Gasteiger partial charge in [0.05, 0.1) is 14.2 Å². The zero-order chi connectivity index (χ0) is 17.8. The second-order valence-electron chi connectivity index (χ2n) is 5.28. The van der Waals surface area contributed by atoms with Crippen LogP contribution in [-0.2, 0) is 6.61 Å². The molecule has 0 aliphatic carbocycles. The fraction of sp³-hybridized carbons (Fsp3) is 0.222. The third kappa shape index (κ3) is 3.85. The van der Waals surface area contributed by atoms with Gasteiger partial charge >= 0.3 is 0 Å². The number of hydrogen-bond acceptors (Lipinski definition) is 6. The number of methoxy groups -OCH3 is 2. The molecule has 0 aliphatic rings. The largest absolute Gasteiger partial charge is 0.493 e. The zero-order valence-corrected chi connectivity index (χ0v) is 14.8. The molecular formula is C18H17ClN2O4. The van der Waals surface area contributed by atoms with Crippen LogP contribution in [0.15, 0.2) is 40.9 Å². The van der Waals surface area contributed by atoms with Gasteiger partial charge in [-0.05, 0) is 48.9 Å². The molecule has 0 saturated carbocycles. The lowest BCUT2D eigenvalue weighted by Crippen LogP contribution is -1.97. The average Bonchev–Trinajstić information content (AvgIpc) is 3.09. The summed E-state index contributed by atoms with van der Waals surface area (Å²) < 4.78 is 21.5. The third-order valence-electron chi connectivity index (χ3n) is 3.60. The maximum Gasteiger partial charge on any atom is 0.264 e. The summed E-state index contributed by atoms with van der Waals surface area (Å²) in [4.78, 5) is 4.35. The van der Waals surface area contributed by atoms with Gasteiger partial charge in [0.1, 0.15) is 5.75 Å². The fourth-order valence-electron chi connectivity index (χ4n) is 2.32. The first-order chi connectivity index (χ1) is 12.1. The maximum atomic E-state index is 5.94. The minimum atomic E-state index is 0.169. The van der Waals surface area contributed by atoms with Crippen molar-refractivity contribution in [2.45, 2.75) is 13.5 Å². The number of ether oxygens (including phenoxy) is 3. The van der Waals surface area contributed by atoms with Crippen LogP contribution < -0.4 is 14.2 Å². The molecule has 0 saturated heterocycles. The highest BCUT2D eigenvalue weighted by Crippen LogP contribution is 2.31. The van der Waals surface area contributed by atoms with Crippen molar-refractivity contribution < 1.29 is 18.7 Å². The summed E-state index contributed by atoms with van der Waals surface area (Å²) in [6, 6.07) is 10.8. The van der Waals surface area contributed by atoms with Gasteiger partial charge in [-0.15, -0.1) is 0 Å². The Bertz CT molecular complexity index is 879. The van der Waals surface area contributed by atoms with E-state index in [2.05, 4.69) is 10.1 Å². The molecule has 1 aromatic heterocycles. The predicted molar refractivity (Wildman–Crippen MR) is 93.4 cm³/mol. The van der Waals surface area contributed by atoms with Gasteiger partial charge in [-0.1, -0.05) is 16.8 Å². The summed E-state index contributed by atoms with van der Waals surface area (Å²) >= 11 is 5.94. The van der Waals surface area contributed by atoms with Gasteiger partial charge < -0.3 is 18.7 Å². The highest BCUT2D eigenvalue weighted by molar-refractivity contribution is 6.30. The molecule has 25 heavy (non-hydrogen) atoms. The SMILES string of the molecule is COc1ccc(-c2noc(COc3ccc(Cl)cc3C)n2)cc1OC. The molecule has 6 nitrogen and oxygen atoms in total. The van der Waals surface area contributed by atoms with E-state index in [1.807, 2.05) is 25.1 Å². The first-order valence-corrected chi connectivity index (χ1v) is 7.92. The topological polar surface area (TPSA) is 66.6 Å². The summed E-state index contributed by atoms with van der Waals surface area (Å²) in [6.45, 7) is 2.09. The Kier molecular flexibility index (Phi) is 5.09. The summed E-state index contributed by atoms with van der Waals surface area (Å²) in [5, 5.41) is 4.65. The molecule has 0 atom stereocenters. The lowest BCUT2D eigenvalue weighted by Gasteiger charge is -2.07. The molecule has 7 heteroatoms. The van der Waals surface area contributed by atoms with E-state index in [4.69, 9.17) is 30.3 Å². The van der Waals surface area contributed by atoms with Crippen LogP contribution in [0.4, 0.5) is 0 Å². The summed E-state index contributed by atoms with van der Waals surface area (Å²) in [6.07, 6.45) is 0. The van der Waals surface area contributed by atoms with Crippen LogP contribution in [0.2, 0.25) is 5.02 Å². The van der Waals surface area contributed by atoms with Crippen molar-refractivity contribution in [2.75, 3.05) is 14.2 Å². The lowest BCUT2D eigenvalue weighted by atomic mass is 10.2. The van der Waals surface area contributed by atoms with Crippen molar-refractivity contribution in [3.8, 4) is 28.6 Å². The lowest BCUT2D eigenvalue weighted by molar-refractivity contribution is 0.242. The van der Waals surface area contributed by atoms with Gasteiger partial charge in [0, 0.05) is 10.6 Å². The number of halogens is 1. The van der Waals surface area contributed by atoms with E-state index in [0.717, 1.165) is 16.9 Å². The summed E-state index contributed by atoms with van der Waals surface area (Å²) in [5.41, 5.74) is 1.70. The molecule has 3 aromatic rings. The van der Waals surface area contributed by atoms with E-state index < -0.39 is 0 Å². The number of aryl methyl sites for hydroxylation is 1. The van der Waals surface area contributed by atoms with Crippen molar-refractivity contribution in [1.29, 1.82) is 0 Å². The van der Waals surface area contributed by atoms with E-state index in [1.54, 1.807) is 32.4 Å². The van der Waals surface area contributed by atoms with Gasteiger partial charge in [0.2, 0.25) is 5.82 Å². The van der Waals surface area contributed by atoms with Gasteiger partial charge in [-0.3, -0.25) is 0 Å². The quantitative estimate of drug-likeness (QED) is 0.653. The van der Waals surface area contributed by atoms with Crippen molar-refractivity contribution in [1.82, 2.24) is 10.1 Å². The van der Waals surface area contributed by atoms with Crippen molar-refractivity contribution >= 4 is 11.6 Å². The monoisotopic (exact) mass is 360 g/mol. The number of rotatable bonds is 6. The van der Waals surface area contributed by atoms with Gasteiger partial charge in [0.15, 0.2) is 18.1 Å². The minimum Gasteiger partial charge on any atom is -0.493 e. The van der Waals surface area contributed by atoms with Crippen LogP contribution in [-0.4, -0.2) is 24.4 Å². The molecule has 130 valence electrons. The molecule has 0 N–H and O–H groups in total. The highest BCUT2D eigenvalue weighted by atomic mass is 35.5. The van der Waals surface area contributed by atoms with E-state index in [9.17, 15) is 0 Å². The second kappa shape index (κ2) is 7.44. The molecule has 2 aromatic carbocycles. The van der Waals surface area contributed by atoms with Crippen molar-refractivity contribution in [3.63, 3.8) is 0 Å². The molecule has 0 radical (unpaired) electrons. The summed E-state index contributed by atoms with van der Waals surface area (Å²) in [5.74, 6) is 2.78. The Labute approximate surface area is 150 Å². The second-order valence-corrected chi connectivity index (χ2v) is 5.72. The normalized spacial score (nSPS) is 10.6. The molecule has 3 rings (SSSR count). The molecule has 1 heterocycles. The van der Waals surface area contributed by atoms with Crippen molar-refractivity contribution in [3.05, 3.63) is 52.9 Å². The van der Waals surface area contributed by atoms with E-state index in [0.29, 0.717) is 28.2 Å². The molecular weight excluding hydrogens is 344 g/mol. The smallest absolute Gasteiger partial charge is 0.264 e. The Morgan fingerprint density at radius 1 is 1.00 bits per heavy atom. The third-order valence-corrected chi connectivity index (χ3v) is 3.83. The van der Waals surface area contributed by atoms with Gasteiger partial charge in [-0.2, -0.15) is 4.98 Å². The maximum absolute atomic E-state index is 5.94. The van der Waals surface area contributed by atoms with Crippen molar-refractivity contribution in [2.24, 2.45) is 0 Å². The zero-order valence-electron chi connectivity index (χ0n) is 14.1. The highest BCUT2D eigenvalue weighted by Gasteiger charge is 2.13. The number of nitrogens with zero attached hydrogens (tertiary/aromatic N) is 2. The van der Waals surface area contributed by atoms with E-state index in [-0.39, 0.29) is 6.61 Å². The molecule has 0 spiro atoms. The van der Waals surface area contributed by atoms with Crippen LogP contribution >= 0.6 is 11.6 Å². The first kappa shape index (κ1) is 17.1. The van der Waals surface area contributed by atoms with E-state index >= 15 is 0 Å². The average molecular weight is 361 g/mol. The van der Waals surface area contributed by atoms with Crippen LogP contribution in [0.5, 0.6) is 17.2 Å². The first-order valence-electron chi connectivity index (χ1n) is 7.54. The molecule has 0 aliphatic heterocycles. The Hall–Kier alpha value is -2.73. The van der Waals surface area contributed by atoms with Crippen LogP contribution in [0.3, 0.4) is 0 Å². The standard InChI is InChI=1S/C18H17ClN2O4/c1-11-8-13(19)5-7-14(11)24-10-17-20-18(21-25-17)12-4-6-15(22-2)16(9-12)23-3/h4-9H,10H2,1-3H3. The van der Waals surface area contributed by atoms with Gasteiger partial charge in [-0.25, -0.2) is 0 Å². The Morgan fingerprint density at radius 2 is 1.76 bits per heavy atom. The number of benzene rings is 2. The molecule has 0 fully saturated rings. The fourth-order valence-corrected chi connectivity index (χ4v) is 2.55. The Morgan fingerprint density at radius 3 is 2.48 bits per heavy atom. The van der Waals surface area contributed by atoms with Gasteiger partial charge in [0.25, 0.3) is 5.89 Å². The molecule has 0 amide bonds.